The number of thiazole rings is 1. The molecule has 0 bridgehead atoms. The van der Waals surface area contributed by atoms with Gasteiger partial charge in [0.1, 0.15) is 0 Å². The predicted molar refractivity (Wildman–Crippen MR) is 100 cm³/mol. The van der Waals surface area contributed by atoms with Crippen molar-refractivity contribution in [2.24, 2.45) is 5.92 Å². The molecule has 27 heavy (non-hydrogen) atoms. The van der Waals surface area contributed by atoms with Crippen molar-refractivity contribution in [2.75, 3.05) is 5.32 Å². The number of non-ortho nitro benzene ring substituents is 1. The number of aromatic carboxylic acids is 1. The Balaban J connectivity index is 1.80. The van der Waals surface area contributed by atoms with Gasteiger partial charge in [-0.1, -0.05) is 37.8 Å². The van der Waals surface area contributed by atoms with Crippen LogP contribution in [0.25, 0.3) is 0 Å². The lowest BCUT2D eigenvalue weighted by Crippen LogP contribution is -2.23. The first-order chi connectivity index (χ1) is 12.9. The normalized spacial score (nSPS) is 15.4. The zero-order valence-corrected chi connectivity index (χ0v) is 15.3. The summed E-state index contributed by atoms with van der Waals surface area (Å²) in [5.41, 5.74) is 0.572. The van der Waals surface area contributed by atoms with Crippen LogP contribution in [0.5, 0.6) is 0 Å². The third-order valence-electron chi connectivity index (χ3n) is 4.82. The van der Waals surface area contributed by atoms with Crippen molar-refractivity contribution in [2.45, 2.75) is 38.0 Å². The van der Waals surface area contributed by atoms with Crippen LogP contribution in [-0.2, 0) is 4.79 Å². The summed E-state index contributed by atoms with van der Waals surface area (Å²) < 4.78 is 0. The van der Waals surface area contributed by atoms with Crippen molar-refractivity contribution in [3.05, 3.63) is 51.0 Å². The minimum atomic E-state index is -1.15. The summed E-state index contributed by atoms with van der Waals surface area (Å²) in [5, 5.41) is 24.1. The van der Waals surface area contributed by atoms with Crippen LogP contribution < -0.4 is 5.32 Å². The molecule has 1 aromatic heterocycles. The van der Waals surface area contributed by atoms with E-state index in [2.05, 4.69) is 10.3 Å². The third-order valence-corrected chi connectivity index (χ3v) is 5.58. The quantitative estimate of drug-likeness (QED) is 0.544. The Bertz CT molecular complexity index is 843. The molecule has 1 aliphatic rings. The van der Waals surface area contributed by atoms with Gasteiger partial charge in [-0.25, -0.2) is 9.78 Å². The highest BCUT2D eigenvalue weighted by Crippen LogP contribution is 2.35. The van der Waals surface area contributed by atoms with Gasteiger partial charge >= 0.3 is 5.97 Å². The molecule has 0 saturated heterocycles. The van der Waals surface area contributed by atoms with Gasteiger partial charge in [-0.2, -0.15) is 0 Å². The fourth-order valence-electron chi connectivity index (χ4n) is 3.42. The summed E-state index contributed by atoms with van der Waals surface area (Å²) in [4.78, 5) is 38.1. The highest BCUT2D eigenvalue weighted by Gasteiger charge is 2.28. The second-order valence-electron chi connectivity index (χ2n) is 6.62. The first kappa shape index (κ1) is 19.0. The Morgan fingerprint density at radius 1 is 1.30 bits per heavy atom. The van der Waals surface area contributed by atoms with Gasteiger partial charge in [0, 0.05) is 17.5 Å². The molecular weight excluding hydrogens is 370 g/mol. The maximum atomic E-state index is 12.9. The topological polar surface area (TPSA) is 122 Å². The highest BCUT2D eigenvalue weighted by molar-refractivity contribution is 7.14. The molecule has 142 valence electrons. The van der Waals surface area contributed by atoms with E-state index >= 15 is 0 Å². The van der Waals surface area contributed by atoms with E-state index in [0.29, 0.717) is 17.9 Å². The number of rotatable bonds is 7. The number of hydrogen-bond donors (Lipinski definition) is 2. The number of nitro benzene ring substituents is 1. The SMILES string of the molecule is O=C(O)c1csc(NC(=O)C(CC2CCCC2)c2ccc([N+](=O)[O-])cc2)n1. The van der Waals surface area contributed by atoms with Gasteiger partial charge in [0.05, 0.1) is 10.8 Å². The standard InChI is InChI=1S/C18H19N3O5S/c22-16(20-18-19-15(10-27-18)17(23)24)14(9-11-3-1-2-4-11)12-5-7-13(8-6-12)21(25)26/h5-8,10-11,14H,1-4,9H2,(H,23,24)(H,19,20,22). The molecule has 1 aromatic carbocycles. The minimum Gasteiger partial charge on any atom is -0.476 e. The molecule has 3 rings (SSSR count). The van der Waals surface area contributed by atoms with Crippen molar-refractivity contribution < 1.29 is 19.6 Å². The van der Waals surface area contributed by atoms with E-state index in [9.17, 15) is 19.7 Å². The van der Waals surface area contributed by atoms with Crippen LogP contribution in [0.3, 0.4) is 0 Å². The van der Waals surface area contributed by atoms with Crippen molar-refractivity contribution >= 4 is 34.0 Å². The summed E-state index contributed by atoms with van der Waals surface area (Å²) >= 11 is 1.05. The van der Waals surface area contributed by atoms with E-state index in [1.54, 1.807) is 12.1 Å². The molecule has 2 N–H and O–H groups in total. The molecule has 0 aliphatic heterocycles. The lowest BCUT2D eigenvalue weighted by molar-refractivity contribution is -0.384. The molecule has 1 heterocycles. The number of nitrogens with one attached hydrogen (secondary N) is 1. The van der Waals surface area contributed by atoms with E-state index in [1.165, 1.54) is 17.5 Å². The van der Waals surface area contributed by atoms with Gasteiger partial charge in [-0.15, -0.1) is 11.3 Å². The molecule has 9 heteroatoms. The second kappa shape index (κ2) is 8.26. The number of benzene rings is 1. The molecule has 1 aliphatic carbocycles. The van der Waals surface area contributed by atoms with Gasteiger partial charge in [-0.3, -0.25) is 14.9 Å². The van der Waals surface area contributed by atoms with Crippen LogP contribution >= 0.6 is 11.3 Å². The van der Waals surface area contributed by atoms with Crippen molar-refractivity contribution in [3.8, 4) is 0 Å². The number of carboxylic acids is 1. The number of nitro groups is 1. The van der Waals surface area contributed by atoms with Crippen LogP contribution in [0.4, 0.5) is 10.8 Å². The van der Waals surface area contributed by atoms with Gasteiger partial charge in [0.25, 0.3) is 5.69 Å². The smallest absolute Gasteiger partial charge is 0.355 e. The number of carbonyl (C=O) groups is 2. The zero-order chi connectivity index (χ0) is 19.4. The minimum absolute atomic E-state index is 0.0233. The van der Waals surface area contributed by atoms with Gasteiger partial charge in [0.15, 0.2) is 10.8 Å². The lowest BCUT2D eigenvalue weighted by atomic mass is 9.87. The molecule has 1 unspecified atom stereocenters. The second-order valence-corrected chi connectivity index (χ2v) is 7.48. The molecule has 0 radical (unpaired) electrons. The summed E-state index contributed by atoms with van der Waals surface area (Å²) in [6, 6.07) is 6.02. The van der Waals surface area contributed by atoms with Gasteiger partial charge in [0.2, 0.25) is 5.91 Å². The number of carboxylic acid groups (broad SMARTS) is 1. The molecule has 1 atom stereocenters. The van der Waals surface area contributed by atoms with Gasteiger partial charge < -0.3 is 10.4 Å². The molecule has 1 fully saturated rings. The molecule has 1 saturated carbocycles. The van der Waals surface area contributed by atoms with E-state index in [0.717, 1.165) is 37.0 Å². The third kappa shape index (κ3) is 4.68. The summed E-state index contributed by atoms with van der Waals surface area (Å²) in [6.45, 7) is 0. The summed E-state index contributed by atoms with van der Waals surface area (Å²) in [6.07, 6.45) is 5.08. The number of nitrogens with zero attached hydrogens (tertiary/aromatic N) is 2. The Morgan fingerprint density at radius 3 is 2.52 bits per heavy atom. The fourth-order valence-corrected chi connectivity index (χ4v) is 4.11. The highest BCUT2D eigenvalue weighted by atomic mass is 32.1. The van der Waals surface area contributed by atoms with Gasteiger partial charge in [-0.05, 0) is 17.9 Å². The van der Waals surface area contributed by atoms with Crippen LogP contribution in [0.15, 0.2) is 29.6 Å². The molecular formula is C18H19N3O5S. The number of amides is 1. The summed E-state index contributed by atoms with van der Waals surface area (Å²) in [7, 11) is 0. The molecule has 0 spiro atoms. The van der Waals surface area contributed by atoms with Crippen LogP contribution in [-0.4, -0.2) is 26.9 Å². The maximum absolute atomic E-state index is 12.9. The Labute approximate surface area is 159 Å². The molecule has 1 amide bonds. The molecule has 8 nitrogen and oxygen atoms in total. The first-order valence-electron chi connectivity index (χ1n) is 8.68. The summed E-state index contributed by atoms with van der Waals surface area (Å²) in [5.74, 6) is -1.46. The van der Waals surface area contributed by atoms with Crippen LogP contribution in [0, 0.1) is 16.0 Å². The van der Waals surface area contributed by atoms with Crippen LogP contribution in [0.2, 0.25) is 0 Å². The number of anilines is 1. The van der Waals surface area contributed by atoms with Crippen molar-refractivity contribution in [3.63, 3.8) is 0 Å². The van der Waals surface area contributed by atoms with Crippen LogP contribution in [0.1, 0.15) is 54.1 Å². The Morgan fingerprint density at radius 2 is 1.96 bits per heavy atom. The van der Waals surface area contributed by atoms with E-state index < -0.39 is 16.8 Å². The van der Waals surface area contributed by atoms with E-state index in [-0.39, 0.29) is 22.4 Å². The Hall–Kier alpha value is -2.81. The monoisotopic (exact) mass is 389 g/mol. The average Bonchev–Trinajstić information content (AvgIpc) is 3.31. The average molecular weight is 389 g/mol. The lowest BCUT2D eigenvalue weighted by Gasteiger charge is -2.20. The van der Waals surface area contributed by atoms with E-state index in [4.69, 9.17) is 5.11 Å². The molecule has 2 aromatic rings. The predicted octanol–water partition coefficient (Wildman–Crippen LogP) is 4.05. The van der Waals surface area contributed by atoms with E-state index in [1.807, 2.05) is 0 Å². The fraction of sp³-hybridized carbons (Fsp3) is 0.389. The zero-order valence-electron chi connectivity index (χ0n) is 14.5. The number of carbonyl (C=O) groups excluding carboxylic acids is 1. The maximum Gasteiger partial charge on any atom is 0.355 e. The number of hydrogen-bond acceptors (Lipinski definition) is 6. The number of aromatic nitrogens is 1. The van der Waals surface area contributed by atoms with Crippen molar-refractivity contribution in [1.82, 2.24) is 4.98 Å². The van der Waals surface area contributed by atoms with Crippen molar-refractivity contribution in [1.29, 1.82) is 0 Å². The Kier molecular flexibility index (Phi) is 5.80. The largest absolute Gasteiger partial charge is 0.476 e. The first-order valence-corrected chi connectivity index (χ1v) is 9.56.